The fraction of sp³-hybridized carbons (Fsp3) is 0.286. The first kappa shape index (κ1) is 24.4. The number of halogens is 4. The monoisotopic (exact) mass is 652 g/mol. The van der Waals surface area contributed by atoms with E-state index in [1.165, 1.54) is 0 Å². The van der Waals surface area contributed by atoms with E-state index in [0.717, 1.165) is 40.8 Å². The van der Waals surface area contributed by atoms with Gasteiger partial charge in [0.25, 0.3) is 0 Å². The van der Waals surface area contributed by atoms with E-state index in [4.69, 9.17) is 14.2 Å². The average molecular weight is 656 g/mol. The number of carbonyl (C=O) groups is 1. The number of rotatable bonds is 8. The van der Waals surface area contributed by atoms with Crippen molar-refractivity contribution in [3.05, 3.63) is 65.9 Å². The van der Waals surface area contributed by atoms with Crippen molar-refractivity contribution < 1.29 is 19.0 Å². The molecule has 0 radical (unpaired) electrons. The second-order valence-corrected chi connectivity index (χ2v) is 10.0. The van der Waals surface area contributed by atoms with Crippen LogP contribution in [-0.2, 0) is 14.9 Å². The first-order valence-corrected chi connectivity index (χ1v) is 11.7. The number of methoxy groups -OCH3 is 1. The molecule has 0 fully saturated rings. The van der Waals surface area contributed by atoms with Crippen molar-refractivity contribution >= 4 is 69.7 Å². The van der Waals surface area contributed by atoms with Gasteiger partial charge >= 0.3 is 5.97 Å². The normalized spacial score (nSPS) is 11.1. The molecule has 0 heterocycles. The van der Waals surface area contributed by atoms with Gasteiger partial charge in [-0.05, 0) is 99.1 Å². The van der Waals surface area contributed by atoms with Gasteiger partial charge in [0.1, 0.15) is 24.7 Å². The molecule has 2 rings (SSSR count). The third kappa shape index (κ3) is 5.87. The van der Waals surface area contributed by atoms with Crippen LogP contribution < -0.4 is 9.47 Å². The lowest BCUT2D eigenvalue weighted by atomic mass is 9.78. The van der Waals surface area contributed by atoms with Gasteiger partial charge in [0, 0.05) is 11.5 Å². The van der Waals surface area contributed by atoms with Crippen molar-refractivity contribution in [2.45, 2.75) is 19.3 Å². The van der Waals surface area contributed by atoms with Crippen LogP contribution in [0.25, 0.3) is 0 Å². The Morgan fingerprint density at radius 3 is 1.79 bits per heavy atom. The molecule has 29 heavy (non-hydrogen) atoms. The summed E-state index contributed by atoms with van der Waals surface area (Å²) in [6.07, 6.45) is 1.12. The maximum absolute atomic E-state index is 11.1. The summed E-state index contributed by atoms with van der Waals surface area (Å²) in [5.74, 6) is 0.935. The van der Waals surface area contributed by atoms with Crippen molar-refractivity contribution in [1.82, 2.24) is 0 Å². The van der Waals surface area contributed by atoms with Gasteiger partial charge in [-0.1, -0.05) is 20.4 Å². The van der Waals surface area contributed by atoms with E-state index in [1.54, 1.807) is 7.11 Å². The fourth-order valence-electron chi connectivity index (χ4n) is 2.69. The van der Waals surface area contributed by atoms with Gasteiger partial charge in [0.05, 0.1) is 25.0 Å². The summed E-state index contributed by atoms with van der Waals surface area (Å²) in [6, 6.07) is 8.18. The Morgan fingerprint density at radius 2 is 1.38 bits per heavy atom. The van der Waals surface area contributed by atoms with Crippen molar-refractivity contribution in [2.75, 3.05) is 20.3 Å². The lowest BCUT2D eigenvalue weighted by Gasteiger charge is -2.28. The predicted molar refractivity (Wildman–Crippen MR) is 129 cm³/mol. The Kier molecular flexibility index (Phi) is 8.82. The van der Waals surface area contributed by atoms with E-state index >= 15 is 0 Å². The van der Waals surface area contributed by atoms with Crippen LogP contribution in [0.3, 0.4) is 0 Å². The van der Waals surface area contributed by atoms with Crippen LogP contribution in [0.15, 0.2) is 54.8 Å². The first-order valence-electron chi connectivity index (χ1n) is 8.56. The van der Waals surface area contributed by atoms with E-state index in [-0.39, 0.29) is 18.6 Å². The Hall–Kier alpha value is -0.830. The minimum Gasteiger partial charge on any atom is -0.494 e. The molecule has 4 nitrogen and oxygen atoms in total. The summed E-state index contributed by atoms with van der Waals surface area (Å²) in [6.45, 7) is 8.04. The van der Waals surface area contributed by atoms with Crippen LogP contribution in [-0.4, -0.2) is 26.3 Å². The Balaban J connectivity index is 2.28. The van der Waals surface area contributed by atoms with Gasteiger partial charge in [-0.25, -0.2) is 4.79 Å². The molecule has 0 aliphatic heterocycles. The van der Waals surface area contributed by atoms with Gasteiger partial charge in [-0.2, -0.15) is 0 Å². The van der Waals surface area contributed by atoms with Crippen LogP contribution in [0.4, 0.5) is 0 Å². The molecule has 0 atom stereocenters. The number of ether oxygens (including phenoxy) is 3. The molecule has 0 aliphatic carbocycles. The van der Waals surface area contributed by atoms with Gasteiger partial charge in [-0.3, -0.25) is 0 Å². The second kappa shape index (κ2) is 10.5. The Morgan fingerprint density at radius 1 is 0.931 bits per heavy atom. The van der Waals surface area contributed by atoms with E-state index in [1.807, 2.05) is 12.1 Å². The molecule has 0 spiro atoms. The van der Waals surface area contributed by atoms with Crippen molar-refractivity contribution in [2.24, 2.45) is 0 Å². The molecule has 156 valence electrons. The summed E-state index contributed by atoms with van der Waals surface area (Å²) in [5.41, 5.74) is 1.91. The number of esters is 1. The molecule has 0 saturated carbocycles. The average Bonchev–Trinajstić information content (AvgIpc) is 2.66. The summed E-state index contributed by atoms with van der Waals surface area (Å²) in [4.78, 5) is 11.1. The smallest absolute Gasteiger partial charge is 0.330 e. The molecule has 0 aromatic heterocycles. The minimum atomic E-state index is -0.472. The third-order valence-electron chi connectivity index (χ3n) is 4.38. The highest BCUT2D eigenvalue weighted by molar-refractivity contribution is 9.11. The van der Waals surface area contributed by atoms with Gasteiger partial charge in [0.2, 0.25) is 0 Å². The highest BCUT2D eigenvalue weighted by Crippen LogP contribution is 2.43. The van der Waals surface area contributed by atoms with Crippen molar-refractivity contribution in [3.8, 4) is 11.5 Å². The standard InChI is InChI=1S/C21H20Br4O4/c1-5-18(26)28-6-7-29-20-16(24)10-13(11-17(20)25)21(2,3)12-8-14(22)19(27-4)15(23)9-12/h5,8-11H,1,6-7H2,2-4H3. The molecule has 2 aromatic rings. The SMILES string of the molecule is C=CC(=O)OCCOc1c(Br)cc(C(C)(C)c2cc(Br)c(OC)c(Br)c2)cc1Br. The number of benzene rings is 2. The highest BCUT2D eigenvalue weighted by atomic mass is 79.9. The third-order valence-corrected chi connectivity index (χ3v) is 6.74. The van der Waals surface area contributed by atoms with Crippen LogP contribution in [0.1, 0.15) is 25.0 Å². The van der Waals surface area contributed by atoms with Crippen LogP contribution in [0.5, 0.6) is 11.5 Å². The Bertz CT molecular complexity index is 879. The lowest BCUT2D eigenvalue weighted by Crippen LogP contribution is -2.19. The van der Waals surface area contributed by atoms with Crippen molar-refractivity contribution in [3.63, 3.8) is 0 Å². The number of hydrogen-bond donors (Lipinski definition) is 0. The summed E-state index contributed by atoms with van der Waals surface area (Å²) < 4.78 is 19.5. The largest absolute Gasteiger partial charge is 0.494 e. The predicted octanol–water partition coefficient (Wildman–Crippen LogP) is 7.18. The quantitative estimate of drug-likeness (QED) is 0.172. The molecule has 8 heteroatoms. The van der Waals surface area contributed by atoms with E-state index < -0.39 is 5.97 Å². The molecule has 0 aliphatic rings. The molecular weight excluding hydrogens is 636 g/mol. The molecule has 0 amide bonds. The summed E-state index contributed by atoms with van der Waals surface area (Å²) >= 11 is 14.3. The summed E-state index contributed by atoms with van der Waals surface area (Å²) in [7, 11) is 1.64. The molecule has 0 saturated heterocycles. The molecule has 0 unspecified atom stereocenters. The molecular formula is C21H20Br4O4. The van der Waals surface area contributed by atoms with E-state index in [0.29, 0.717) is 5.75 Å². The second-order valence-electron chi connectivity index (χ2n) is 6.59. The molecule has 0 N–H and O–H groups in total. The maximum atomic E-state index is 11.1. The minimum absolute atomic E-state index is 0.144. The first-order chi connectivity index (χ1) is 13.6. The van der Waals surface area contributed by atoms with E-state index in [9.17, 15) is 4.79 Å². The zero-order valence-corrected chi connectivity index (χ0v) is 22.5. The highest BCUT2D eigenvalue weighted by Gasteiger charge is 2.27. The van der Waals surface area contributed by atoms with Gasteiger partial charge in [0.15, 0.2) is 0 Å². The Labute approximate surface area is 204 Å². The van der Waals surface area contributed by atoms with E-state index in [2.05, 4.69) is 96.3 Å². The van der Waals surface area contributed by atoms with Crippen LogP contribution in [0, 0.1) is 0 Å². The van der Waals surface area contributed by atoms with Crippen LogP contribution >= 0.6 is 63.7 Å². The van der Waals surface area contributed by atoms with Crippen LogP contribution in [0.2, 0.25) is 0 Å². The lowest BCUT2D eigenvalue weighted by molar-refractivity contribution is -0.138. The molecule has 2 aromatic carbocycles. The number of carbonyl (C=O) groups excluding carboxylic acids is 1. The zero-order chi connectivity index (χ0) is 21.8. The zero-order valence-electron chi connectivity index (χ0n) is 16.2. The maximum Gasteiger partial charge on any atom is 0.330 e. The number of hydrogen-bond acceptors (Lipinski definition) is 4. The van der Waals surface area contributed by atoms with Gasteiger partial charge < -0.3 is 14.2 Å². The van der Waals surface area contributed by atoms with Crippen molar-refractivity contribution in [1.29, 1.82) is 0 Å². The van der Waals surface area contributed by atoms with Gasteiger partial charge in [-0.15, -0.1) is 0 Å². The molecule has 0 bridgehead atoms. The fourth-order valence-corrected chi connectivity index (χ4v) is 5.61. The summed E-state index contributed by atoms with van der Waals surface area (Å²) in [5, 5.41) is 0. The topological polar surface area (TPSA) is 44.8 Å².